The minimum atomic E-state index is -0.241. The predicted molar refractivity (Wildman–Crippen MR) is 71.4 cm³/mol. The molecule has 1 fully saturated rings. The van der Waals surface area contributed by atoms with Crippen molar-refractivity contribution in [1.29, 1.82) is 0 Å². The minimum absolute atomic E-state index is 0. The second-order valence-corrected chi connectivity index (χ2v) is 4.38. The molecule has 2 N–H and O–H groups in total. The third-order valence-electron chi connectivity index (χ3n) is 2.98. The van der Waals surface area contributed by atoms with Crippen molar-refractivity contribution in [2.45, 2.75) is 25.3 Å². The molecular weight excluding hydrogens is 255 g/mol. The molecule has 100 valence electrons. The molecule has 18 heavy (non-hydrogen) atoms. The van der Waals surface area contributed by atoms with E-state index in [1.165, 1.54) is 12.1 Å². The lowest BCUT2D eigenvalue weighted by molar-refractivity contribution is -0.121. The average Bonchev–Trinajstić information content (AvgIpc) is 2.81. The van der Waals surface area contributed by atoms with E-state index in [0.29, 0.717) is 12.8 Å². The lowest BCUT2D eigenvalue weighted by Gasteiger charge is -2.11. The van der Waals surface area contributed by atoms with Crippen LogP contribution in [0.15, 0.2) is 24.3 Å². The van der Waals surface area contributed by atoms with E-state index in [1.54, 1.807) is 12.1 Å². The Bertz CT molecular complexity index is 377. The molecule has 1 atom stereocenters. The van der Waals surface area contributed by atoms with Crippen molar-refractivity contribution >= 4 is 18.3 Å². The fourth-order valence-electron chi connectivity index (χ4n) is 1.99. The van der Waals surface area contributed by atoms with Crippen molar-refractivity contribution in [3.8, 4) is 0 Å². The molecule has 0 radical (unpaired) electrons. The maximum absolute atomic E-state index is 12.7. The van der Waals surface area contributed by atoms with E-state index in [4.69, 9.17) is 0 Å². The van der Waals surface area contributed by atoms with Crippen LogP contribution in [-0.4, -0.2) is 25.0 Å². The summed E-state index contributed by atoms with van der Waals surface area (Å²) in [5, 5.41) is 6.19. The third-order valence-corrected chi connectivity index (χ3v) is 2.98. The molecule has 1 aliphatic rings. The molecule has 1 saturated heterocycles. The Labute approximate surface area is 113 Å². The predicted octanol–water partition coefficient (Wildman–Crippen LogP) is 1.66. The number of hydrogen-bond acceptors (Lipinski definition) is 2. The molecule has 1 amide bonds. The molecule has 0 aromatic heterocycles. The molecule has 2 rings (SSSR count). The van der Waals surface area contributed by atoms with Crippen molar-refractivity contribution in [3.63, 3.8) is 0 Å². The summed E-state index contributed by atoms with van der Waals surface area (Å²) in [5.41, 5.74) is 0.992. The van der Waals surface area contributed by atoms with Crippen LogP contribution in [0.4, 0.5) is 4.39 Å². The van der Waals surface area contributed by atoms with E-state index in [1.807, 2.05) is 0 Å². The quantitative estimate of drug-likeness (QED) is 0.875. The highest BCUT2D eigenvalue weighted by Crippen LogP contribution is 2.06. The van der Waals surface area contributed by atoms with Gasteiger partial charge >= 0.3 is 0 Å². The van der Waals surface area contributed by atoms with E-state index in [2.05, 4.69) is 10.6 Å². The SMILES string of the molecule is Cl.O=C(CCc1ccc(F)cc1)NC1CCNC1. The number of amides is 1. The number of carbonyl (C=O) groups is 1. The first kappa shape index (κ1) is 14.9. The highest BCUT2D eigenvalue weighted by atomic mass is 35.5. The molecule has 0 spiro atoms. The van der Waals surface area contributed by atoms with Crippen LogP contribution in [0.5, 0.6) is 0 Å². The third kappa shape index (κ3) is 4.63. The van der Waals surface area contributed by atoms with Gasteiger partial charge in [-0.3, -0.25) is 4.79 Å². The van der Waals surface area contributed by atoms with Gasteiger partial charge < -0.3 is 10.6 Å². The van der Waals surface area contributed by atoms with Gasteiger partial charge in [-0.2, -0.15) is 0 Å². The maximum atomic E-state index is 12.7. The fraction of sp³-hybridized carbons (Fsp3) is 0.462. The van der Waals surface area contributed by atoms with Crippen LogP contribution in [0, 0.1) is 5.82 Å². The molecule has 5 heteroatoms. The second-order valence-electron chi connectivity index (χ2n) is 4.38. The fourth-order valence-corrected chi connectivity index (χ4v) is 1.99. The van der Waals surface area contributed by atoms with Gasteiger partial charge in [0.1, 0.15) is 5.82 Å². The number of benzene rings is 1. The maximum Gasteiger partial charge on any atom is 0.220 e. The van der Waals surface area contributed by atoms with Gasteiger partial charge in [-0.25, -0.2) is 4.39 Å². The highest BCUT2D eigenvalue weighted by Gasteiger charge is 2.16. The van der Waals surface area contributed by atoms with Gasteiger partial charge in [-0.15, -0.1) is 12.4 Å². The van der Waals surface area contributed by atoms with Gasteiger partial charge in [0, 0.05) is 19.0 Å². The van der Waals surface area contributed by atoms with E-state index in [-0.39, 0.29) is 30.2 Å². The Morgan fingerprint density at radius 2 is 2.11 bits per heavy atom. The van der Waals surface area contributed by atoms with Gasteiger partial charge in [-0.05, 0) is 37.1 Å². The zero-order valence-electron chi connectivity index (χ0n) is 10.1. The molecule has 0 saturated carbocycles. The highest BCUT2D eigenvalue weighted by molar-refractivity contribution is 5.85. The molecule has 1 aliphatic heterocycles. The van der Waals surface area contributed by atoms with Crippen molar-refractivity contribution in [2.24, 2.45) is 0 Å². The van der Waals surface area contributed by atoms with Crippen LogP contribution in [-0.2, 0) is 11.2 Å². The van der Waals surface area contributed by atoms with Gasteiger partial charge in [0.25, 0.3) is 0 Å². The van der Waals surface area contributed by atoms with Gasteiger partial charge in [0.15, 0.2) is 0 Å². The lowest BCUT2D eigenvalue weighted by Crippen LogP contribution is -2.36. The average molecular weight is 273 g/mol. The molecule has 3 nitrogen and oxygen atoms in total. The number of hydrogen-bond donors (Lipinski definition) is 2. The van der Waals surface area contributed by atoms with Crippen molar-refractivity contribution in [1.82, 2.24) is 10.6 Å². The Morgan fingerprint density at radius 1 is 1.39 bits per heavy atom. The van der Waals surface area contributed by atoms with E-state index in [9.17, 15) is 9.18 Å². The smallest absolute Gasteiger partial charge is 0.220 e. The largest absolute Gasteiger partial charge is 0.352 e. The molecule has 1 aromatic carbocycles. The van der Waals surface area contributed by atoms with E-state index in [0.717, 1.165) is 25.1 Å². The number of nitrogens with one attached hydrogen (secondary N) is 2. The standard InChI is InChI=1S/C13H17FN2O.ClH/c14-11-4-1-10(2-5-11)3-6-13(17)16-12-7-8-15-9-12;/h1-2,4-5,12,15H,3,6-9H2,(H,16,17);1H. The van der Waals surface area contributed by atoms with Crippen LogP contribution in [0.1, 0.15) is 18.4 Å². The number of halogens is 2. The van der Waals surface area contributed by atoms with Gasteiger partial charge in [0.05, 0.1) is 0 Å². The van der Waals surface area contributed by atoms with Gasteiger partial charge in [0.2, 0.25) is 5.91 Å². The molecule has 1 unspecified atom stereocenters. The van der Waals surface area contributed by atoms with Crippen LogP contribution in [0.3, 0.4) is 0 Å². The Hall–Kier alpha value is -1.13. The Morgan fingerprint density at radius 3 is 2.72 bits per heavy atom. The molecule has 1 heterocycles. The van der Waals surface area contributed by atoms with Crippen LogP contribution < -0.4 is 10.6 Å². The second kappa shape index (κ2) is 7.34. The summed E-state index contributed by atoms with van der Waals surface area (Å²) in [6.45, 7) is 1.84. The van der Waals surface area contributed by atoms with Crippen LogP contribution in [0.25, 0.3) is 0 Å². The summed E-state index contributed by atoms with van der Waals surface area (Å²) >= 11 is 0. The molecule has 0 bridgehead atoms. The summed E-state index contributed by atoms with van der Waals surface area (Å²) < 4.78 is 12.7. The first-order chi connectivity index (χ1) is 8.24. The Kier molecular flexibility index (Phi) is 6.09. The van der Waals surface area contributed by atoms with Crippen LogP contribution in [0.2, 0.25) is 0 Å². The summed E-state index contributed by atoms with van der Waals surface area (Å²) in [6.07, 6.45) is 2.12. The zero-order chi connectivity index (χ0) is 12.1. The first-order valence-corrected chi connectivity index (χ1v) is 5.98. The lowest BCUT2D eigenvalue weighted by atomic mass is 10.1. The van der Waals surface area contributed by atoms with Crippen molar-refractivity contribution in [2.75, 3.05) is 13.1 Å². The molecular formula is C13H18ClFN2O. The zero-order valence-corrected chi connectivity index (χ0v) is 10.9. The van der Waals surface area contributed by atoms with E-state index < -0.39 is 0 Å². The van der Waals surface area contributed by atoms with Gasteiger partial charge in [-0.1, -0.05) is 12.1 Å². The number of carbonyl (C=O) groups excluding carboxylic acids is 1. The summed E-state index contributed by atoms with van der Waals surface area (Å²) in [4.78, 5) is 11.6. The summed E-state index contributed by atoms with van der Waals surface area (Å²) in [7, 11) is 0. The summed E-state index contributed by atoms with van der Waals surface area (Å²) in [5.74, 6) is -0.168. The van der Waals surface area contributed by atoms with Crippen LogP contribution >= 0.6 is 12.4 Å². The number of rotatable bonds is 4. The van der Waals surface area contributed by atoms with Crippen molar-refractivity contribution < 1.29 is 9.18 Å². The topological polar surface area (TPSA) is 41.1 Å². The van der Waals surface area contributed by atoms with E-state index >= 15 is 0 Å². The monoisotopic (exact) mass is 272 g/mol. The number of aryl methyl sites for hydroxylation is 1. The molecule has 0 aliphatic carbocycles. The minimum Gasteiger partial charge on any atom is -0.352 e. The Balaban J connectivity index is 0.00000162. The first-order valence-electron chi connectivity index (χ1n) is 5.98. The summed E-state index contributed by atoms with van der Waals surface area (Å²) in [6, 6.07) is 6.57. The molecule has 1 aromatic rings. The van der Waals surface area contributed by atoms with Crippen molar-refractivity contribution in [3.05, 3.63) is 35.6 Å². The normalized spacial score (nSPS) is 18.2.